The van der Waals surface area contributed by atoms with E-state index in [1.54, 1.807) is 7.11 Å². The summed E-state index contributed by atoms with van der Waals surface area (Å²) in [4.78, 5) is 11.7. The average molecular weight is 278 g/mol. The van der Waals surface area contributed by atoms with E-state index < -0.39 is 5.97 Å². The number of hydrogen-bond donors (Lipinski definition) is 1. The molecule has 0 atom stereocenters. The maximum Gasteiger partial charge on any atom is 0.336 e. The molecule has 0 aliphatic heterocycles. The first-order valence-corrected chi connectivity index (χ1v) is 6.87. The van der Waals surface area contributed by atoms with Crippen molar-refractivity contribution in [3.05, 3.63) is 28.3 Å². The molecule has 0 unspecified atom stereocenters. The van der Waals surface area contributed by atoms with Crippen LogP contribution in [0.3, 0.4) is 0 Å². The smallest absolute Gasteiger partial charge is 0.336 e. The second kappa shape index (κ2) is 5.12. The molecule has 0 aliphatic rings. The van der Waals surface area contributed by atoms with Gasteiger partial charge < -0.3 is 9.84 Å². The zero-order valence-corrected chi connectivity index (χ0v) is 13.8. The van der Waals surface area contributed by atoms with Gasteiger partial charge in [0, 0.05) is 11.1 Å². The Bertz CT molecular complexity index is 529. The highest BCUT2D eigenvalue weighted by Crippen LogP contribution is 2.42. The number of carboxylic acids is 1. The van der Waals surface area contributed by atoms with Crippen LogP contribution in [0.5, 0.6) is 5.75 Å². The summed E-state index contributed by atoms with van der Waals surface area (Å²) >= 11 is 0. The second-order valence-electron chi connectivity index (χ2n) is 7.33. The Morgan fingerprint density at radius 1 is 1.10 bits per heavy atom. The Kier molecular flexibility index (Phi) is 4.23. The van der Waals surface area contributed by atoms with Crippen molar-refractivity contribution in [1.29, 1.82) is 0 Å². The van der Waals surface area contributed by atoms with Gasteiger partial charge in [-0.25, -0.2) is 4.79 Å². The number of hydrogen-bond acceptors (Lipinski definition) is 2. The molecule has 0 radical (unpaired) electrons. The van der Waals surface area contributed by atoms with Gasteiger partial charge in [0.1, 0.15) is 5.75 Å². The van der Waals surface area contributed by atoms with E-state index in [4.69, 9.17) is 4.74 Å². The molecule has 1 aromatic carbocycles. The fourth-order valence-electron chi connectivity index (χ4n) is 2.56. The van der Waals surface area contributed by atoms with Gasteiger partial charge in [-0.2, -0.15) is 0 Å². The molecule has 0 saturated heterocycles. The summed E-state index contributed by atoms with van der Waals surface area (Å²) in [5.41, 5.74) is 2.57. The fraction of sp³-hybridized carbons (Fsp3) is 0.588. The van der Waals surface area contributed by atoms with E-state index in [0.29, 0.717) is 11.3 Å². The quantitative estimate of drug-likeness (QED) is 0.877. The zero-order chi connectivity index (χ0) is 15.9. The molecule has 0 fully saturated rings. The summed E-state index contributed by atoms with van der Waals surface area (Å²) in [6.07, 6.45) is 0. The van der Waals surface area contributed by atoms with Gasteiger partial charge in [0.05, 0.1) is 12.7 Å². The van der Waals surface area contributed by atoms with Gasteiger partial charge in [0.2, 0.25) is 0 Å². The standard InChI is InChI=1S/C17H26O3/c1-10-9-11(16(2,3)4)14(20-8)13(17(5,6)7)12(10)15(18)19/h9H,1-8H3,(H,18,19). The number of carboxylic acid groups (broad SMARTS) is 1. The highest BCUT2D eigenvalue weighted by atomic mass is 16.5. The summed E-state index contributed by atoms with van der Waals surface area (Å²) in [6.45, 7) is 14.2. The summed E-state index contributed by atoms with van der Waals surface area (Å²) in [6, 6.07) is 1.94. The first-order valence-electron chi connectivity index (χ1n) is 6.87. The van der Waals surface area contributed by atoms with Crippen molar-refractivity contribution in [2.24, 2.45) is 0 Å². The minimum Gasteiger partial charge on any atom is -0.496 e. The van der Waals surface area contributed by atoms with Crippen LogP contribution in [0.25, 0.3) is 0 Å². The van der Waals surface area contributed by atoms with Gasteiger partial charge in [0.25, 0.3) is 0 Å². The summed E-state index contributed by atoms with van der Waals surface area (Å²) < 4.78 is 5.61. The lowest BCUT2D eigenvalue weighted by Crippen LogP contribution is -2.23. The Hall–Kier alpha value is -1.51. The summed E-state index contributed by atoms with van der Waals surface area (Å²) in [7, 11) is 1.61. The SMILES string of the molecule is COc1c(C(C)(C)C)cc(C)c(C(=O)O)c1C(C)(C)C. The van der Waals surface area contributed by atoms with E-state index in [1.165, 1.54) is 0 Å². The van der Waals surface area contributed by atoms with Crippen molar-refractivity contribution >= 4 is 5.97 Å². The first kappa shape index (κ1) is 16.5. The fourth-order valence-corrected chi connectivity index (χ4v) is 2.56. The number of benzene rings is 1. The first-order chi connectivity index (χ1) is 8.91. The van der Waals surface area contributed by atoms with E-state index in [1.807, 2.05) is 33.8 Å². The predicted molar refractivity (Wildman–Crippen MR) is 82.1 cm³/mol. The topological polar surface area (TPSA) is 46.5 Å². The Balaban J connectivity index is 3.92. The maximum atomic E-state index is 11.7. The lowest BCUT2D eigenvalue weighted by atomic mass is 9.76. The second-order valence-corrected chi connectivity index (χ2v) is 7.33. The molecule has 0 spiro atoms. The van der Waals surface area contributed by atoms with Gasteiger partial charge in [-0.05, 0) is 23.3 Å². The highest BCUT2D eigenvalue weighted by molar-refractivity contribution is 5.93. The van der Waals surface area contributed by atoms with Crippen LogP contribution >= 0.6 is 0 Å². The molecular formula is C17H26O3. The van der Waals surface area contributed by atoms with Crippen LogP contribution in [0.1, 0.15) is 68.6 Å². The summed E-state index contributed by atoms with van der Waals surface area (Å²) in [5, 5.41) is 9.57. The van der Waals surface area contributed by atoms with E-state index in [2.05, 4.69) is 20.8 Å². The Morgan fingerprint density at radius 3 is 1.90 bits per heavy atom. The van der Waals surface area contributed by atoms with Crippen LogP contribution in [0.4, 0.5) is 0 Å². The Morgan fingerprint density at radius 2 is 1.60 bits per heavy atom. The number of rotatable bonds is 2. The third-order valence-electron chi connectivity index (χ3n) is 3.45. The van der Waals surface area contributed by atoms with E-state index >= 15 is 0 Å². The zero-order valence-electron chi connectivity index (χ0n) is 13.8. The van der Waals surface area contributed by atoms with Gasteiger partial charge in [-0.3, -0.25) is 0 Å². The third-order valence-corrected chi connectivity index (χ3v) is 3.45. The van der Waals surface area contributed by atoms with Crippen molar-refractivity contribution in [3.63, 3.8) is 0 Å². The molecule has 3 heteroatoms. The molecule has 20 heavy (non-hydrogen) atoms. The van der Waals surface area contributed by atoms with Crippen LogP contribution < -0.4 is 4.74 Å². The highest BCUT2D eigenvalue weighted by Gasteiger charge is 2.32. The van der Waals surface area contributed by atoms with Gasteiger partial charge in [-0.1, -0.05) is 47.6 Å². The molecule has 3 nitrogen and oxygen atoms in total. The number of ether oxygens (including phenoxy) is 1. The maximum absolute atomic E-state index is 11.7. The lowest BCUT2D eigenvalue weighted by molar-refractivity contribution is 0.0692. The van der Waals surface area contributed by atoms with Crippen LogP contribution in [0.15, 0.2) is 6.07 Å². The normalized spacial score (nSPS) is 12.4. The molecular weight excluding hydrogens is 252 g/mol. The largest absolute Gasteiger partial charge is 0.496 e. The molecule has 0 saturated carbocycles. The van der Waals surface area contributed by atoms with E-state index in [0.717, 1.165) is 16.7 Å². The number of aromatic carboxylic acids is 1. The predicted octanol–water partition coefficient (Wildman–Crippen LogP) is 4.30. The van der Waals surface area contributed by atoms with Crippen molar-refractivity contribution in [1.82, 2.24) is 0 Å². The molecule has 0 heterocycles. The average Bonchev–Trinajstić information content (AvgIpc) is 2.24. The third kappa shape index (κ3) is 2.97. The van der Waals surface area contributed by atoms with Crippen LogP contribution in [-0.2, 0) is 10.8 Å². The molecule has 0 amide bonds. The molecule has 0 aliphatic carbocycles. The van der Waals surface area contributed by atoms with Gasteiger partial charge in [0.15, 0.2) is 0 Å². The molecule has 0 bridgehead atoms. The number of methoxy groups -OCH3 is 1. The lowest BCUT2D eigenvalue weighted by Gasteiger charge is -2.31. The van der Waals surface area contributed by atoms with Crippen LogP contribution in [-0.4, -0.2) is 18.2 Å². The van der Waals surface area contributed by atoms with Crippen molar-refractivity contribution in [2.75, 3.05) is 7.11 Å². The van der Waals surface area contributed by atoms with Crippen LogP contribution in [0.2, 0.25) is 0 Å². The Labute approximate surface area is 122 Å². The van der Waals surface area contributed by atoms with Crippen molar-refractivity contribution in [2.45, 2.75) is 59.3 Å². The number of aryl methyl sites for hydroxylation is 1. The molecule has 1 rings (SSSR count). The minimum atomic E-state index is -0.897. The van der Waals surface area contributed by atoms with E-state index in [9.17, 15) is 9.90 Å². The van der Waals surface area contributed by atoms with Crippen LogP contribution in [0, 0.1) is 6.92 Å². The van der Waals surface area contributed by atoms with E-state index in [-0.39, 0.29) is 10.8 Å². The van der Waals surface area contributed by atoms with Gasteiger partial charge in [-0.15, -0.1) is 0 Å². The summed E-state index contributed by atoms with van der Waals surface area (Å²) in [5.74, 6) is -0.195. The minimum absolute atomic E-state index is 0.104. The molecule has 1 N–H and O–H groups in total. The van der Waals surface area contributed by atoms with Gasteiger partial charge >= 0.3 is 5.97 Å². The number of carbonyl (C=O) groups is 1. The monoisotopic (exact) mass is 278 g/mol. The molecule has 1 aromatic rings. The molecule has 0 aromatic heterocycles. The van der Waals surface area contributed by atoms with Crippen molar-refractivity contribution in [3.8, 4) is 5.75 Å². The van der Waals surface area contributed by atoms with Crippen molar-refractivity contribution < 1.29 is 14.6 Å². The molecule has 112 valence electrons.